The van der Waals surface area contributed by atoms with Gasteiger partial charge in [0.25, 0.3) is 5.91 Å². The van der Waals surface area contributed by atoms with Crippen LogP contribution in [0.25, 0.3) is 0 Å². The third-order valence-electron chi connectivity index (χ3n) is 3.87. The van der Waals surface area contributed by atoms with Crippen LogP contribution in [0.5, 0.6) is 0 Å². The fourth-order valence-corrected chi connectivity index (χ4v) is 2.67. The number of aromatic nitrogens is 2. The van der Waals surface area contributed by atoms with Crippen molar-refractivity contribution in [3.05, 3.63) is 52.4 Å². The lowest BCUT2D eigenvalue weighted by Gasteiger charge is -2.31. The number of alkyl halides is 1. The minimum atomic E-state index is -1.71. The molecule has 0 saturated heterocycles. The first-order valence-electron chi connectivity index (χ1n) is 8.74. The maximum atomic E-state index is 13.8. The number of rotatable bonds is 4. The van der Waals surface area contributed by atoms with Crippen molar-refractivity contribution in [1.82, 2.24) is 15.3 Å². The van der Waals surface area contributed by atoms with E-state index in [1.54, 1.807) is 6.07 Å². The molecule has 0 aromatic carbocycles. The third-order valence-corrected chi connectivity index (χ3v) is 4.34. The van der Waals surface area contributed by atoms with Crippen LogP contribution in [0.15, 0.2) is 46.0 Å². The Balaban J connectivity index is 0.000000654. The smallest absolute Gasteiger partial charge is 0.345 e. The number of hydrogen-bond acceptors (Lipinski definition) is 8. The van der Waals surface area contributed by atoms with Crippen LogP contribution in [0.3, 0.4) is 0 Å². The van der Waals surface area contributed by atoms with Crippen molar-refractivity contribution < 1.29 is 37.1 Å². The van der Waals surface area contributed by atoms with Gasteiger partial charge in [0.2, 0.25) is 0 Å². The van der Waals surface area contributed by atoms with E-state index in [4.69, 9.17) is 4.74 Å². The molecule has 14 heteroatoms. The van der Waals surface area contributed by atoms with E-state index in [2.05, 4.69) is 41.1 Å². The van der Waals surface area contributed by atoms with Gasteiger partial charge >= 0.3 is 5.97 Å². The number of hydrogen-bond donors (Lipinski definition) is 1. The molecule has 0 aliphatic carbocycles. The van der Waals surface area contributed by atoms with Gasteiger partial charge in [0.05, 0.1) is 12.3 Å². The van der Waals surface area contributed by atoms with E-state index >= 15 is 0 Å². The second kappa shape index (κ2) is 11.5. The lowest BCUT2D eigenvalue weighted by atomic mass is 9.97. The van der Waals surface area contributed by atoms with Gasteiger partial charge in [-0.2, -0.15) is 0 Å². The summed E-state index contributed by atoms with van der Waals surface area (Å²) in [5, 5.41) is 1.32. The second-order valence-electron chi connectivity index (χ2n) is 6.21. The number of amides is 1. The maximum absolute atomic E-state index is 13.8. The van der Waals surface area contributed by atoms with Gasteiger partial charge in [-0.05, 0) is 45.5 Å². The average Bonchev–Trinajstić information content (AvgIpc) is 2.80. The molecule has 1 aliphatic heterocycles. The number of nitrogens with one attached hydrogen (secondary N) is 1. The number of ether oxygens (including phenoxy) is 1. The van der Waals surface area contributed by atoms with Gasteiger partial charge in [0.15, 0.2) is 11.4 Å². The number of amidine groups is 1. The molecule has 172 valence electrons. The van der Waals surface area contributed by atoms with Crippen LogP contribution in [0, 0.1) is 0 Å². The van der Waals surface area contributed by atoms with Gasteiger partial charge in [-0.1, -0.05) is 15.0 Å². The Kier molecular flexibility index (Phi) is 9.02. The van der Waals surface area contributed by atoms with Crippen molar-refractivity contribution in [3.8, 4) is 0 Å². The van der Waals surface area contributed by atoms with Crippen LogP contribution >= 0.6 is 15.9 Å². The fourth-order valence-electron chi connectivity index (χ4n) is 2.43. The quantitative estimate of drug-likeness (QED) is 0.484. The molecule has 2 aromatic rings. The monoisotopic (exact) mass is 521 g/mol. The van der Waals surface area contributed by atoms with Crippen LogP contribution < -0.4 is 5.32 Å². The lowest BCUT2D eigenvalue weighted by molar-refractivity contribution is -0.180. The molecule has 1 amide bonds. The summed E-state index contributed by atoms with van der Waals surface area (Å²) in [5.41, 5.74) is -1.50. The molecule has 0 saturated carbocycles. The molecule has 3 heterocycles. The molecule has 9 nitrogen and oxygen atoms in total. The van der Waals surface area contributed by atoms with Gasteiger partial charge in [-0.15, -0.1) is 0 Å². The Bertz CT molecular complexity index is 980. The number of aliphatic imine (C=N–C) groups is 1. The van der Waals surface area contributed by atoms with Crippen molar-refractivity contribution in [2.24, 2.45) is 4.99 Å². The predicted octanol–water partition coefficient (Wildman–Crippen LogP) is 3.59. The summed E-state index contributed by atoms with van der Waals surface area (Å²) in [6.07, 6.45) is 1.46. The maximum Gasteiger partial charge on any atom is 0.345 e. The predicted molar refractivity (Wildman–Crippen MR) is 107 cm³/mol. The van der Waals surface area contributed by atoms with Crippen molar-refractivity contribution in [1.29, 1.82) is 0 Å². The molecule has 1 N–H and O–H groups in total. The largest absolute Gasteiger partial charge is 0.370 e. The molecule has 3 rings (SSSR count). The molecular weight excluding hydrogens is 506 g/mol. The molecule has 0 bridgehead atoms. The Morgan fingerprint density at radius 1 is 1.31 bits per heavy atom. The van der Waals surface area contributed by atoms with Crippen LogP contribution in [0.4, 0.5) is 23.7 Å². The zero-order valence-corrected chi connectivity index (χ0v) is 18.0. The number of nitrogens with zero attached hydrogens (tertiary/aromatic N) is 4. The summed E-state index contributed by atoms with van der Waals surface area (Å²) in [5.74, 6) is -2.03. The van der Waals surface area contributed by atoms with E-state index in [1.807, 2.05) is 0 Å². The summed E-state index contributed by atoms with van der Waals surface area (Å²) < 4.78 is 55.4. The van der Waals surface area contributed by atoms with Crippen LogP contribution in [-0.2, 0) is 20.0 Å². The summed E-state index contributed by atoms with van der Waals surface area (Å²) >= 11 is 3.22. The first kappa shape index (κ1) is 25.1. The summed E-state index contributed by atoms with van der Waals surface area (Å²) in [4.78, 5) is 36.0. The van der Waals surface area contributed by atoms with Crippen molar-refractivity contribution >= 4 is 39.5 Å². The van der Waals surface area contributed by atoms with E-state index in [1.165, 1.54) is 30.5 Å². The molecule has 1 unspecified atom stereocenters. The summed E-state index contributed by atoms with van der Waals surface area (Å²) in [7, 11) is 0. The van der Waals surface area contributed by atoms with Crippen LogP contribution in [0.1, 0.15) is 23.1 Å². The van der Waals surface area contributed by atoms with E-state index in [9.17, 15) is 27.5 Å². The highest BCUT2D eigenvalue weighted by Crippen LogP contribution is 2.30. The van der Waals surface area contributed by atoms with Gasteiger partial charge in [-0.25, -0.2) is 24.1 Å². The van der Waals surface area contributed by atoms with Crippen LogP contribution in [-0.4, -0.2) is 52.9 Å². The Labute approximate surface area is 187 Å². The van der Waals surface area contributed by atoms with Crippen LogP contribution in [0.2, 0.25) is 0 Å². The van der Waals surface area contributed by atoms with Gasteiger partial charge in [0.1, 0.15) is 24.8 Å². The third kappa shape index (κ3) is 6.68. The fraction of sp³-hybridized carbons (Fsp3) is 0.278. The van der Waals surface area contributed by atoms with E-state index in [0.717, 1.165) is 6.92 Å². The van der Waals surface area contributed by atoms with Gasteiger partial charge < -0.3 is 10.1 Å². The standard InChI is InChI=1S/C16H13BrF3N5O2.C2H3FO2/c17-10-4-5-11(21-6-10)15(26)23-13-3-1-2-12(22-13)16(8-18)9-27-7-14(24-16)25(19)20;1-2(4)5-3/h1-6H,7-9H2,(H,22,23,26);1H3. The van der Waals surface area contributed by atoms with E-state index in [0.29, 0.717) is 4.47 Å². The van der Waals surface area contributed by atoms with E-state index < -0.39 is 41.9 Å². The van der Waals surface area contributed by atoms with Gasteiger partial charge in [-0.3, -0.25) is 9.74 Å². The number of anilines is 1. The molecule has 0 spiro atoms. The highest BCUT2D eigenvalue weighted by atomic mass is 79.9. The molecule has 2 aromatic heterocycles. The van der Waals surface area contributed by atoms with Crippen molar-refractivity contribution in [2.45, 2.75) is 12.5 Å². The summed E-state index contributed by atoms with van der Waals surface area (Å²) in [6, 6.07) is 7.59. The normalized spacial score (nSPS) is 17.4. The summed E-state index contributed by atoms with van der Waals surface area (Å²) in [6.45, 7) is -0.789. The molecule has 0 radical (unpaired) electrons. The number of carbonyl (C=O) groups is 2. The molecule has 1 aliphatic rings. The average molecular weight is 522 g/mol. The van der Waals surface area contributed by atoms with Crippen molar-refractivity contribution in [3.63, 3.8) is 0 Å². The highest BCUT2D eigenvalue weighted by molar-refractivity contribution is 9.10. The Morgan fingerprint density at radius 2 is 2.03 bits per heavy atom. The zero-order valence-electron chi connectivity index (χ0n) is 16.4. The Morgan fingerprint density at radius 3 is 2.59 bits per heavy atom. The van der Waals surface area contributed by atoms with E-state index in [-0.39, 0.29) is 23.8 Å². The Hall–Kier alpha value is -3.13. The minimum Gasteiger partial charge on any atom is -0.370 e. The first-order valence-corrected chi connectivity index (χ1v) is 9.54. The zero-order chi connectivity index (χ0) is 23.7. The number of pyridine rings is 2. The van der Waals surface area contributed by atoms with Gasteiger partial charge in [0, 0.05) is 22.1 Å². The topological polar surface area (TPSA) is 106 Å². The SMILES string of the molecule is CC(=O)OF.O=C(Nc1cccc(C2(CF)COCC(N(F)F)=N2)n1)c1ccc(Br)cn1. The van der Waals surface area contributed by atoms with Crippen molar-refractivity contribution in [2.75, 3.05) is 25.2 Å². The number of halogens is 5. The molecule has 1 atom stereocenters. The second-order valence-corrected chi connectivity index (χ2v) is 7.13. The molecule has 0 fully saturated rings. The molecular formula is C18H16BrF4N5O4. The number of carbonyl (C=O) groups excluding carboxylic acids is 2. The molecule has 32 heavy (non-hydrogen) atoms. The highest BCUT2D eigenvalue weighted by Gasteiger charge is 2.39. The minimum absolute atomic E-state index is 0.0608. The first-order chi connectivity index (χ1) is 15.2. The lowest BCUT2D eigenvalue weighted by Crippen LogP contribution is -2.42.